The molecule has 0 aromatic carbocycles. The Hall–Kier alpha value is -3.50. The van der Waals surface area contributed by atoms with Crippen molar-refractivity contribution in [3.63, 3.8) is 0 Å². The molecule has 1 saturated carbocycles. The number of carbonyl (C=O) groups excluding carboxylic acids is 1. The van der Waals surface area contributed by atoms with Crippen LogP contribution in [0.5, 0.6) is 0 Å². The number of hydrogen-bond donors (Lipinski definition) is 1. The van der Waals surface area contributed by atoms with Crippen LogP contribution in [0.15, 0.2) is 63.9 Å². The number of nitrogens with zero attached hydrogens (tertiary/aromatic N) is 2. The van der Waals surface area contributed by atoms with Crippen molar-refractivity contribution in [1.29, 1.82) is 0 Å². The van der Waals surface area contributed by atoms with Gasteiger partial charge in [0, 0.05) is 40.7 Å². The molecular formula is C39H54N2O4. The van der Waals surface area contributed by atoms with Crippen LogP contribution in [0.2, 0.25) is 0 Å². The minimum Gasteiger partial charge on any atom is -0.478 e. The molecule has 1 unspecified atom stereocenters. The molecule has 1 N–H and O–H groups in total. The molecule has 45 heavy (non-hydrogen) atoms. The lowest BCUT2D eigenvalue weighted by Gasteiger charge is -2.34. The number of aliphatic imine (C=N–C) groups is 1. The van der Waals surface area contributed by atoms with E-state index in [1.165, 1.54) is 25.1 Å². The molecule has 2 aromatic rings. The van der Waals surface area contributed by atoms with Gasteiger partial charge in [-0.15, -0.1) is 5.73 Å². The maximum Gasteiger partial charge on any atom is 0.337 e. The van der Waals surface area contributed by atoms with Crippen LogP contribution in [0.3, 0.4) is 0 Å². The monoisotopic (exact) mass is 614 g/mol. The molecule has 2 aromatic heterocycles. The van der Waals surface area contributed by atoms with Gasteiger partial charge in [-0.25, -0.2) is 9.78 Å². The maximum absolute atomic E-state index is 14.0. The average Bonchev–Trinajstić information content (AvgIpc) is 3.39. The van der Waals surface area contributed by atoms with E-state index in [9.17, 15) is 14.7 Å². The molecule has 6 heteroatoms. The van der Waals surface area contributed by atoms with E-state index in [2.05, 4.69) is 71.5 Å². The minimum atomic E-state index is -1.09. The van der Waals surface area contributed by atoms with Crippen LogP contribution >= 0.6 is 0 Å². The summed E-state index contributed by atoms with van der Waals surface area (Å²) in [7, 11) is 0. The first-order chi connectivity index (χ1) is 20.9. The first kappa shape index (κ1) is 36.0. The molecule has 2 heterocycles. The molecule has 1 aliphatic carbocycles. The highest BCUT2D eigenvalue weighted by Crippen LogP contribution is 2.44. The van der Waals surface area contributed by atoms with Crippen molar-refractivity contribution >= 4 is 28.6 Å². The third kappa shape index (κ3) is 9.04. The number of Topliss-reactive ketones (excluding diaryl/α,β-unsaturated/α-hetero) is 1. The molecule has 1 fully saturated rings. The van der Waals surface area contributed by atoms with Gasteiger partial charge in [-0.1, -0.05) is 81.4 Å². The van der Waals surface area contributed by atoms with Crippen LogP contribution in [0.4, 0.5) is 0 Å². The Labute approximate surface area is 270 Å². The largest absolute Gasteiger partial charge is 0.478 e. The van der Waals surface area contributed by atoms with Gasteiger partial charge in [0.2, 0.25) is 5.78 Å². The Morgan fingerprint density at radius 3 is 2.40 bits per heavy atom. The molecule has 0 aliphatic heterocycles. The Morgan fingerprint density at radius 2 is 1.84 bits per heavy atom. The van der Waals surface area contributed by atoms with Gasteiger partial charge >= 0.3 is 5.97 Å². The lowest BCUT2D eigenvalue weighted by Crippen LogP contribution is -2.27. The summed E-state index contributed by atoms with van der Waals surface area (Å²) in [5.74, 6) is -0.588. The number of furan rings is 1. The van der Waals surface area contributed by atoms with Gasteiger partial charge < -0.3 is 9.52 Å². The van der Waals surface area contributed by atoms with Crippen LogP contribution in [0.25, 0.3) is 11.1 Å². The quantitative estimate of drug-likeness (QED) is 0.0796. The van der Waals surface area contributed by atoms with Crippen molar-refractivity contribution in [1.82, 2.24) is 4.98 Å². The van der Waals surface area contributed by atoms with E-state index in [1.54, 1.807) is 6.07 Å². The third-order valence-electron chi connectivity index (χ3n) is 9.54. The van der Waals surface area contributed by atoms with E-state index < -0.39 is 11.4 Å². The van der Waals surface area contributed by atoms with Crippen LogP contribution in [0, 0.1) is 16.7 Å². The second kappa shape index (κ2) is 14.3. The van der Waals surface area contributed by atoms with Crippen LogP contribution < -0.4 is 0 Å². The van der Waals surface area contributed by atoms with Gasteiger partial charge in [-0.3, -0.25) is 9.79 Å². The molecule has 1 aliphatic rings. The van der Waals surface area contributed by atoms with E-state index in [-0.39, 0.29) is 28.4 Å². The van der Waals surface area contributed by atoms with Crippen molar-refractivity contribution in [2.24, 2.45) is 21.7 Å². The molecule has 1 atom stereocenters. The molecule has 244 valence electrons. The predicted molar refractivity (Wildman–Crippen MR) is 185 cm³/mol. The second-order valence-electron chi connectivity index (χ2n) is 15.4. The molecule has 0 bridgehead atoms. The standard InChI is InChI=1S/C39H54N2O4/c1-12-14-16-28(26(4)40-24-29(15-13-2)36(43)44)23-39(10,11)25(3)34(42)33-22-32-35(45-33)30(37(5,6)7)21-31(41-32)27-17-19-38(8,9)20-18-27/h15,21-22,24,27-28H,2-3,12,14,16-20,23H2,1,4-11H3,(H,43,44)/b29-24+,40-26?. The lowest BCUT2D eigenvalue weighted by molar-refractivity contribution is -0.132. The zero-order chi connectivity index (χ0) is 33.7. The number of aliphatic carboxylic acids is 1. The molecule has 6 nitrogen and oxygen atoms in total. The highest BCUT2D eigenvalue weighted by Gasteiger charge is 2.34. The summed E-state index contributed by atoms with van der Waals surface area (Å²) in [4.78, 5) is 35.1. The maximum atomic E-state index is 14.0. The Balaban J connectivity index is 1.93. The molecule has 0 radical (unpaired) electrons. The van der Waals surface area contributed by atoms with Crippen LogP contribution in [-0.2, 0) is 10.2 Å². The predicted octanol–water partition coefficient (Wildman–Crippen LogP) is 10.5. The fraction of sp³-hybridized carbons (Fsp3) is 0.564. The zero-order valence-corrected chi connectivity index (χ0v) is 29.1. The summed E-state index contributed by atoms with van der Waals surface area (Å²) in [6.07, 6.45) is 10.7. The number of carbonyl (C=O) groups is 2. The number of unbranched alkanes of at least 4 members (excludes halogenated alkanes) is 1. The number of carboxylic acid groups (broad SMARTS) is 1. The molecule has 0 saturated heterocycles. The number of fused-ring (bicyclic) bond motifs is 1. The summed E-state index contributed by atoms with van der Waals surface area (Å²) in [6.45, 7) is 27.1. The van der Waals surface area contributed by atoms with Gasteiger partial charge in [0.05, 0.1) is 5.57 Å². The Bertz CT molecular complexity index is 1520. The lowest BCUT2D eigenvalue weighted by atomic mass is 9.72. The van der Waals surface area contributed by atoms with Crippen LogP contribution in [-0.4, -0.2) is 27.6 Å². The number of rotatable bonds is 13. The van der Waals surface area contributed by atoms with E-state index in [4.69, 9.17) is 9.40 Å². The summed E-state index contributed by atoms with van der Waals surface area (Å²) >= 11 is 0. The summed E-state index contributed by atoms with van der Waals surface area (Å²) < 4.78 is 6.33. The second-order valence-corrected chi connectivity index (χ2v) is 15.4. The first-order valence-corrected chi connectivity index (χ1v) is 16.4. The topological polar surface area (TPSA) is 92.8 Å². The third-order valence-corrected chi connectivity index (χ3v) is 9.54. The summed E-state index contributed by atoms with van der Waals surface area (Å²) in [5, 5.41) is 9.44. The van der Waals surface area contributed by atoms with Gasteiger partial charge in [0.25, 0.3) is 0 Å². The number of pyridine rings is 1. The normalized spacial score (nSPS) is 17.2. The van der Waals surface area contributed by atoms with Gasteiger partial charge in [-0.2, -0.15) is 0 Å². The van der Waals surface area contributed by atoms with Crippen molar-refractivity contribution < 1.29 is 19.1 Å². The zero-order valence-electron chi connectivity index (χ0n) is 29.1. The molecular weight excluding hydrogens is 560 g/mol. The Morgan fingerprint density at radius 1 is 1.20 bits per heavy atom. The van der Waals surface area contributed by atoms with Crippen molar-refractivity contribution in [2.45, 2.75) is 125 Å². The summed E-state index contributed by atoms with van der Waals surface area (Å²) in [5.41, 5.74) is 7.01. The molecule has 0 spiro atoms. The number of allylic oxidation sites excluding steroid dienone is 1. The molecule has 3 rings (SSSR count). The fourth-order valence-electron chi connectivity index (χ4n) is 6.26. The number of ketones is 1. The number of carboxylic acids is 1. The van der Waals surface area contributed by atoms with Gasteiger partial charge in [-0.05, 0) is 79.8 Å². The van der Waals surface area contributed by atoms with Crippen LogP contribution in [0.1, 0.15) is 141 Å². The number of aromatic nitrogens is 1. The van der Waals surface area contributed by atoms with E-state index in [1.807, 2.05) is 20.8 Å². The van der Waals surface area contributed by atoms with E-state index >= 15 is 0 Å². The highest BCUT2D eigenvalue weighted by atomic mass is 16.4. The van der Waals surface area contributed by atoms with Gasteiger partial charge in [0.15, 0.2) is 11.3 Å². The van der Waals surface area contributed by atoms with Crippen molar-refractivity contribution in [3.05, 3.63) is 71.5 Å². The SMILES string of the molecule is C=C=C/C(=C\N=C(C)C(CCCC)CC(C)(C)C(=C)C(=O)c1cc2nc(C3CCC(C)(C)CC3)cc(C(C)(C)C)c2o1)C(=O)O. The first-order valence-electron chi connectivity index (χ1n) is 16.4. The van der Waals surface area contributed by atoms with E-state index in [0.29, 0.717) is 28.9 Å². The highest BCUT2D eigenvalue weighted by molar-refractivity contribution is 6.09. The smallest absolute Gasteiger partial charge is 0.337 e. The van der Waals surface area contributed by atoms with Gasteiger partial charge in [0.1, 0.15) is 5.52 Å². The molecule has 0 amide bonds. The fourth-order valence-corrected chi connectivity index (χ4v) is 6.26. The summed E-state index contributed by atoms with van der Waals surface area (Å²) in [6, 6.07) is 4.01. The minimum absolute atomic E-state index is 0.0149. The van der Waals surface area contributed by atoms with Crippen molar-refractivity contribution in [2.75, 3.05) is 0 Å². The average molecular weight is 615 g/mol. The van der Waals surface area contributed by atoms with E-state index in [0.717, 1.165) is 54.6 Å². The Kier molecular flexibility index (Phi) is 11.4. The van der Waals surface area contributed by atoms with Crippen molar-refractivity contribution in [3.8, 4) is 0 Å². The number of hydrogen-bond acceptors (Lipinski definition) is 5.